The average molecular weight is 495 g/mol. The molecule has 4 heterocycles. The largest absolute Gasteiger partial charge is 0.465 e. The van der Waals surface area contributed by atoms with Crippen LogP contribution in [0, 0.1) is 0 Å². The molecule has 2 saturated heterocycles. The van der Waals surface area contributed by atoms with Crippen molar-refractivity contribution in [3.8, 4) is 0 Å². The van der Waals surface area contributed by atoms with Gasteiger partial charge in [-0.15, -0.1) is 0 Å². The standard InChI is InChI=1S/C24H30N8O4/c1-29-9-10-32(23(29)34)18-3-2-7-30(14-18)19-12-26-20(21(25)33)22(28-19)27-17-5-4-16-13-31(24(35)36)8-6-15(16)11-17/h4-5,11-12,18H,2-3,6-10,13-14H2,1H3,(H2,25,33)(H,27,28)(H,35,36)/t18-/m1/s1. The summed E-state index contributed by atoms with van der Waals surface area (Å²) in [4.78, 5) is 52.0. The van der Waals surface area contributed by atoms with Gasteiger partial charge in [0.05, 0.1) is 12.2 Å². The van der Waals surface area contributed by atoms with Crippen molar-refractivity contribution in [1.29, 1.82) is 0 Å². The minimum atomic E-state index is -0.929. The van der Waals surface area contributed by atoms with Crippen LogP contribution in [0.15, 0.2) is 24.4 Å². The molecule has 3 aliphatic rings. The first kappa shape index (κ1) is 23.6. The van der Waals surface area contributed by atoms with Gasteiger partial charge in [0.2, 0.25) is 0 Å². The van der Waals surface area contributed by atoms with Gasteiger partial charge in [0.25, 0.3) is 5.91 Å². The number of anilines is 3. The minimum absolute atomic E-state index is 0.0402. The van der Waals surface area contributed by atoms with Gasteiger partial charge < -0.3 is 35.8 Å². The molecule has 5 rings (SSSR count). The van der Waals surface area contributed by atoms with E-state index in [1.807, 2.05) is 30.1 Å². The molecule has 1 atom stereocenters. The van der Waals surface area contributed by atoms with Gasteiger partial charge in [0.1, 0.15) is 5.82 Å². The van der Waals surface area contributed by atoms with E-state index < -0.39 is 12.0 Å². The van der Waals surface area contributed by atoms with Gasteiger partial charge in [-0.2, -0.15) is 0 Å². The van der Waals surface area contributed by atoms with Crippen LogP contribution in [0.5, 0.6) is 0 Å². The minimum Gasteiger partial charge on any atom is -0.465 e. The Morgan fingerprint density at radius 1 is 1.17 bits per heavy atom. The van der Waals surface area contributed by atoms with Crippen LogP contribution in [-0.2, 0) is 13.0 Å². The van der Waals surface area contributed by atoms with E-state index in [9.17, 15) is 19.5 Å². The number of benzene rings is 1. The monoisotopic (exact) mass is 494 g/mol. The zero-order chi connectivity index (χ0) is 25.4. The maximum absolute atomic E-state index is 12.5. The molecule has 4 N–H and O–H groups in total. The fraction of sp³-hybridized carbons (Fsp3) is 0.458. The number of aromatic nitrogens is 2. The van der Waals surface area contributed by atoms with Crippen molar-refractivity contribution in [2.45, 2.75) is 31.8 Å². The van der Waals surface area contributed by atoms with E-state index in [2.05, 4.69) is 15.2 Å². The van der Waals surface area contributed by atoms with Crippen molar-refractivity contribution >= 4 is 35.4 Å². The highest BCUT2D eigenvalue weighted by molar-refractivity contribution is 5.96. The maximum Gasteiger partial charge on any atom is 0.407 e. The van der Waals surface area contributed by atoms with E-state index in [0.29, 0.717) is 37.6 Å². The van der Waals surface area contributed by atoms with Gasteiger partial charge in [-0.3, -0.25) is 4.79 Å². The third kappa shape index (κ3) is 4.58. The number of hydrogen-bond donors (Lipinski definition) is 3. The molecule has 2 aromatic rings. The zero-order valence-corrected chi connectivity index (χ0v) is 20.2. The van der Waals surface area contributed by atoms with E-state index >= 15 is 0 Å². The SMILES string of the molecule is CN1CCN([C@@H]2CCCN(c3cnc(C(N)=O)c(Nc4ccc5c(c4)CCN(C(=O)O)C5)n3)C2)C1=O. The number of fused-ring (bicyclic) bond motifs is 1. The summed E-state index contributed by atoms with van der Waals surface area (Å²) < 4.78 is 0. The van der Waals surface area contributed by atoms with Gasteiger partial charge in [-0.05, 0) is 42.5 Å². The number of amides is 4. The Labute approximate surface area is 208 Å². The number of likely N-dealkylation sites (N-methyl/N-ethyl adjacent to an activating group) is 1. The predicted octanol–water partition coefficient (Wildman–Crippen LogP) is 1.69. The van der Waals surface area contributed by atoms with E-state index in [0.717, 1.165) is 43.6 Å². The van der Waals surface area contributed by atoms with Crippen molar-refractivity contribution in [3.63, 3.8) is 0 Å². The summed E-state index contributed by atoms with van der Waals surface area (Å²) in [5.74, 6) is 0.193. The van der Waals surface area contributed by atoms with Crippen LogP contribution in [0.3, 0.4) is 0 Å². The summed E-state index contributed by atoms with van der Waals surface area (Å²) in [7, 11) is 1.82. The van der Waals surface area contributed by atoms with Gasteiger partial charge >= 0.3 is 12.1 Å². The smallest absolute Gasteiger partial charge is 0.407 e. The van der Waals surface area contributed by atoms with Gasteiger partial charge in [-0.1, -0.05) is 6.07 Å². The van der Waals surface area contributed by atoms with E-state index in [1.165, 1.54) is 4.90 Å². The molecule has 0 aliphatic carbocycles. The molecule has 1 aromatic heterocycles. The van der Waals surface area contributed by atoms with Crippen LogP contribution < -0.4 is 16.0 Å². The number of nitrogens with zero attached hydrogens (tertiary/aromatic N) is 6. The number of hydrogen-bond acceptors (Lipinski definition) is 7. The molecule has 0 bridgehead atoms. The number of rotatable bonds is 5. The fourth-order valence-corrected chi connectivity index (χ4v) is 5.15. The molecule has 4 amide bonds. The lowest BCUT2D eigenvalue weighted by Gasteiger charge is -2.37. The first-order valence-electron chi connectivity index (χ1n) is 12.1. The third-order valence-corrected chi connectivity index (χ3v) is 7.15. The summed E-state index contributed by atoms with van der Waals surface area (Å²) in [6.07, 6.45) is 3.08. The maximum atomic E-state index is 12.5. The first-order chi connectivity index (χ1) is 17.3. The summed E-state index contributed by atoms with van der Waals surface area (Å²) in [6.45, 7) is 3.64. The highest BCUT2D eigenvalue weighted by atomic mass is 16.4. The molecule has 12 nitrogen and oxygen atoms in total. The molecule has 0 unspecified atom stereocenters. The number of nitrogens with one attached hydrogen (secondary N) is 1. The van der Waals surface area contributed by atoms with Crippen LogP contribution in [-0.4, -0.2) is 93.6 Å². The normalized spacial score (nSPS) is 19.9. The van der Waals surface area contributed by atoms with Crippen molar-refractivity contribution in [1.82, 2.24) is 24.7 Å². The van der Waals surface area contributed by atoms with Crippen molar-refractivity contribution in [2.24, 2.45) is 5.73 Å². The molecular weight excluding hydrogens is 464 g/mol. The lowest BCUT2D eigenvalue weighted by molar-refractivity contribution is 0.0996. The van der Waals surface area contributed by atoms with Crippen LogP contribution in [0.4, 0.5) is 26.9 Å². The van der Waals surface area contributed by atoms with Gasteiger partial charge in [0.15, 0.2) is 11.5 Å². The van der Waals surface area contributed by atoms with Crippen LogP contribution in [0.1, 0.15) is 34.5 Å². The molecule has 1 aromatic carbocycles. The number of carbonyl (C=O) groups is 3. The third-order valence-electron chi connectivity index (χ3n) is 7.15. The number of carbonyl (C=O) groups excluding carboxylic acids is 2. The molecule has 0 saturated carbocycles. The fourth-order valence-electron chi connectivity index (χ4n) is 5.15. The number of urea groups is 1. The summed E-state index contributed by atoms with van der Waals surface area (Å²) in [5, 5.41) is 12.5. The number of nitrogens with two attached hydrogens (primary N) is 1. The Morgan fingerprint density at radius 3 is 2.72 bits per heavy atom. The second-order valence-electron chi connectivity index (χ2n) is 9.49. The highest BCUT2D eigenvalue weighted by Gasteiger charge is 2.34. The molecule has 3 aliphatic heterocycles. The second-order valence-corrected chi connectivity index (χ2v) is 9.49. The Morgan fingerprint density at radius 2 is 2.00 bits per heavy atom. The first-order valence-corrected chi connectivity index (χ1v) is 12.1. The highest BCUT2D eigenvalue weighted by Crippen LogP contribution is 2.28. The van der Waals surface area contributed by atoms with E-state index in [4.69, 9.17) is 10.7 Å². The molecule has 0 radical (unpaired) electrons. The quantitative estimate of drug-likeness (QED) is 0.569. The summed E-state index contributed by atoms with van der Waals surface area (Å²) in [5.41, 5.74) is 8.33. The Hall–Kier alpha value is -4.09. The number of carboxylic acid groups (broad SMARTS) is 1. The van der Waals surface area contributed by atoms with Gasteiger partial charge in [0, 0.05) is 52.0 Å². The van der Waals surface area contributed by atoms with Crippen molar-refractivity contribution in [3.05, 3.63) is 41.2 Å². The Bertz CT molecular complexity index is 1200. The predicted molar refractivity (Wildman–Crippen MR) is 132 cm³/mol. The second kappa shape index (κ2) is 9.51. The lowest BCUT2D eigenvalue weighted by atomic mass is 9.99. The number of piperidine rings is 1. The lowest BCUT2D eigenvalue weighted by Crippen LogP contribution is -2.49. The molecule has 2 fully saturated rings. The summed E-state index contributed by atoms with van der Waals surface area (Å²) >= 11 is 0. The molecule has 36 heavy (non-hydrogen) atoms. The van der Waals surface area contributed by atoms with Gasteiger partial charge in [-0.25, -0.2) is 19.6 Å². The Balaban J connectivity index is 1.36. The molecule has 190 valence electrons. The Kier molecular flexibility index (Phi) is 6.25. The van der Waals surface area contributed by atoms with E-state index in [1.54, 1.807) is 11.1 Å². The zero-order valence-electron chi connectivity index (χ0n) is 20.2. The molecular formula is C24H30N8O4. The summed E-state index contributed by atoms with van der Waals surface area (Å²) in [6, 6.07) is 5.80. The van der Waals surface area contributed by atoms with Crippen molar-refractivity contribution in [2.75, 3.05) is 50.0 Å². The topological polar surface area (TPSA) is 148 Å². The van der Waals surface area contributed by atoms with Crippen LogP contribution in [0.2, 0.25) is 0 Å². The van der Waals surface area contributed by atoms with Crippen LogP contribution >= 0.6 is 0 Å². The van der Waals surface area contributed by atoms with Crippen molar-refractivity contribution < 1.29 is 19.5 Å². The van der Waals surface area contributed by atoms with E-state index in [-0.39, 0.29) is 23.6 Å². The average Bonchev–Trinajstić information content (AvgIpc) is 3.21. The molecule has 0 spiro atoms. The molecule has 12 heteroatoms. The number of primary amides is 1. The van der Waals surface area contributed by atoms with Crippen LogP contribution in [0.25, 0.3) is 0 Å².